The molecule has 0 fully saturated rings. The third kappa shape index (κ3) is 5.53. The molecular formula is C19H30O2. The van der Waals surface area contributed by atoms with Gasteiger partial charge in [0.15, 0.2) is 0 Å². The van der Waals surface area contributed by atoms with Crippen LogP contribution in [0.5, 0.6) is 0 Å². The number of benzene rings is 1. The van der Waals surface area contributed by atoms with Crippen LogP contribution >= 0.6 is 0 Å². The molecular weight excluding hydrogens is 260 g/mol. The Kier molecular flexibility index (Phi) is 5.61. The highest BCUT2D eigenvalue weighted by molar-refractivity contribution is 5.69. The number of hydrogen-bond donors (Lipinski definition) is 0. The molecule has 1 rings (SSSR count). The van der Waals surface area contributed by atoms with E-state index in [1.807, 2.05) is 6.92 Å². The number of esters is 1. The maximum Gasteiger partial charge on any atom is 0.306 e. The SMILES string of the molecule is CCOC(=O)CCc1cc(C(C)(C)C)cc(C(C)(C)C)c1. The maximum atomic E-state index is 11.6. The molecule has 0 radical (unpaired) electrons. The van der Waals surface area contributed by atoms with Crippen LogP contribution in [-0.2, 0) is 26.8 Å². The number of hydrogen-bond acceptors (Lipinski definition) is 2. The van der Waals surface area contributed by atoms with Gasteiger partial charge in [-0.05, 0) is 40.9 Å². The van der Waals surface area contributed by atoms with Crippen LogP contribution in [0.15, 0.2) is 18.2 Å². The monoisotopic (exact) mass is 290 g/mol. The summed E-state index contributed by atoms with van der Waals surface area (Å²) < 4.78 is 5.02. The normalized spacial score (nSPS) is 12.3. The molecule has 0 saturated carbocycles. The van der Waals surface area contributed by atoms with Gasteiger partial charge in [0.2, 0.25) is 0 Å². The first-order valence-corrected chi connectivity index (χ1v) is 7.84. The lowest BCUT2D eigenvalue weighted by Gasteiger charge is -2.26. The van der Waals surface area contributed by atoms with E-state index in [-0.39, 0.29) is 16.8 Å². The molecule has 0 heterocycles. The lowest BCUT2D eigenvalue weighted by atomic mass is 9.79. The van der Waals surface area contributed by atoms with Gasteiger partial charge in [0.05, 0.1) is 6.61 Å². The summed E-state index contributed by atoms with van der Waals surface area (Å²) in [5.41, 5.74) is 4.10. The van der Waals surface area contributed by atoms with E-state index in [1.165, 1.54) is 16.7 Å². The quantitative estimate of drug-likeness (QED) is 0.746. The van der Waals surface area contributed by atoms with Gasteiger partial charge in [0.25, 0.3) is 0 Å². The van der Waals surface area contributed by atoms with Crippen LogP contribution in [0.1, 0.15) is 71.6 Å². The van der Waals surface area contributed by atoms with Gasteiger partial charge < -0.3 is 4.74 Å². The average molecular weight is 290 g/mol. The zero-order valence-electron chi connectivity index (χ0n) is 14.7. The minimum atomic E-state index is -0.115. The summed E-state index contributed by atoms with van der Waals surface area (Å²) >= 11 is 0. The second kappa shape index (κ2) is 6.64. The summed E-state index contributed by atoms with van der Waals surface area (Å²) in [7, 11) is 0. The van der Waals surface area contributed by atoms with Crippen molar-refractivity contribution >= 4 is 5.97 Å². The Morgan fingerprint density at radius 1 is 0.952 bits per heavy atom. The fraction of sp³-hybridized carbons (Fsp3) is 0.632. The summed E-state index contributed by atoms with van der Waals surface area (Å²) in [6, 6.07) is 6.76. The van der Waals surface area contributed by atoms with Gasteiger partial charge in [-0.25, -0.2) is 0 Å². The lowest BCUT2D eigenvalue weighted by Crippen LogP contribution is -2.17. The molecule has 0 unspecified atom stereocenters. The number of ether oxygens (including phenoxy) is 1. The first kappa shape index (κ1) is 17.7. The zero-order chi connectivity index (χ0) is 16.3. The molecule has 0 saturated heterocycles. The average Bonchev–Trinajstić information content (AvgIpc) is 2.34. The van der Waals surface area contributed by atoms with Crippen molar-refractivity contribution in [2.45, 2.75) is 72.1 Å². The summed E-state index contributed by atoms with van der Waals surface area (Å²) in [4.78, 5) is 11.6. The van der Waals surface area contributed by atoms with Crippen LogP contribution in [0.3, 0.4) is 0 Å². The zero-order valence-corrected chi connectivity index (χ0v) is 14.7. The second-order valence-corrected chi connectivity index (χ2v) is 7.72. The molecule has 2 heteroatoms. The topological polar surface area (TPSA) is 26.3 Å². The van der Waals surface area contributed by atoms with E-state index < -0.39 is 0 Å². The third-order valence-electron chi connectivity index (χ3n) is 3.65. The van der Waals surface area contributed by atoms with Crippen molar-refractivity contribution in [1.82, 2.24) is 0 Å². The van der Waals surface area contributed by atoms with Crippen LogP contribution in [0.25, 0.3) is 0 Å². The highest BCUT2D eigenvalue weighted by atomic mass is 16.5. The molecule has 0 N–H and O–H groups in total. The summed E-state index contributed by atoms with van der Waals surface area (Å²) in [5.74, 6) is -0.115. The van der Waals surface area contributed by atoms with Crippen LogP contribution in [0.2, 0.25) is 0 Å². The van der Waals surface area contributed by atoms with E-state index in [0.717, 1.165) is 6.42 Å². The van der Waals surface area contributed by atoms with E-state index in [2.05, 4.69) is 59.7 Å². The molecule has 1 aromatic rings. The van der Waals surface area contributed by atoms with E-state index in [1.54, 1.807) is 0 Å². The minimum absolute atomic E-state index is 0.111. The second-order valence-electron chi connectivity index (χ2n) is 7.72. The Labute approximate surface area is 129 Å². The van der Waals surface area contributed by atoms with Crippen LogP contribution in [0, 0.1) is 0 Å². The molecule has 0 aliphatic rings. The summed E-state index contributed by atoms with van der Waals surface area (Å²) in [6.45, 7) is 15.7. The van der Waals surface area contributed by atoms with Crippen LogP contribution in [0.4, 0.5) is 0 Å². The van der Waals surface area contributed by atoms with Gasteiger partial charge >= 0.3 is 5.97 Å². The number of aryl methyl sites for hydroxylation is 1. The number of carbonyl (C=O) groups is 1. The predicted molar refractivity (Wildman–Crippen MR) is 88.8 cm³/mol. The summed E-state index contributed by atoms with van der Waals surface area (Å²) in [5, 5.41) is 0. The van der Waals surface area contributed by atoms with Gasteiger partial charge in [-0.1, -0.05) is 59.7 Å². The Morgan fingerprint density at radius 2 is 1.43 bits per heavy atom. The molecule has 0 amide bonds. The van der Waals surface area contributed by atoms with E-state index >= 15 is 0 Å². The van der Waals surface area contributed by atoms with Crippen molar-refractivity contribution in [3.63, 3.8) is 0 Å². The van der Waals surface area contributed by atoms with Crippen molar-refractivity contribution in [2.75, 3.05) is 6.61 Å². The summed E-state index contributed by atoms with van der Waals surface area (Å²) in [6.07, 6.45) is 1.19. The standard InChI is InChI=1S/C19H30O2/c1-8-21-17(20)10-9-14-11-15(18(2,3)4)13-16(12-14)19(5,6)7/h11-13H,8-10H2,1-7H3. The molecule has 0 aliphatic heterocycles. The Morgan fingerprint density at radius 3 is 1.81 bits per heavy atom. The van der Waals surface area contributed by atoms with Crippen molar-refractivity contribution in [1.29, 1.82) is 0 Å². The largest absolute Gasteiger partial charge is 0.466 e. The van der Waals surface area contributed by atoms with E-state index in [4.69, 9.17) is 4.74 Å². The lowest BCUT2D eigenvalue weighted by molar-refractivity contribution is -0.143. The van der Waals surface area contributed by atoms with Crippen molar-refractivity contribution in [3.05, 3.63) is 34.9 Å². The van der Waals surface area contributed by atoms with Gasteiger partial charge in [-0.3, -0.25) is 4.79 Å². The Bertz CT molecular complexity index is 455. The van der Waals surface area contributed by atoms with Gasteiger partial charge in [0.1, 0.15) is 0 Å². The number of carbonyl (C=O) groups excluding carboxylic acids is 1. The number of rotatable bonds is 4. The van der Waals surface area contributed by atoms with Crippen molar-refractivity contribution in [3.8, 4) is 0 Å². The predicted octanol–water partition coefficient (Wildman–Crippen LogP) is 4.78. The molecule has 0 aliphatic carbocycles. The van der Waals surface area contributed by atoms with Crippen molar-refractivity contribution < 1.29 is 9.53 Å². The smallest absolute Gasteiger partial charge is 0.306 e. The molecule has 1 aromatic carbocycles. The Balaban J connectivity index is 3.06. The fourth-order valence-corrected chi connectivity index (χ4v) is 2.18. The highest BCUT2D eigenvalue weighted by Crippen LogP contribution is 2.30. The van der Waals surface area contributed by atoms with Gasteiger partial charge in [-0.2, -0.15) is 0 Å². The Hall–Kier alpha value is -1.31. The highest BCUT2D eigenvalue weighted by Gasteiger charge is 2.20. The minimum Gasteiger partial charge on any atom is -0.466 e. The molecule has 21 heavy (non-hydrogen) atoms. The first-order valence-electron chi connectivity index (χ1n) is 7.84. The van der Waals surface area contributed by atoms with Crippen LogP contribution in [-0.4, -0.2) is 12.6 Å². The fourth-order valence-electron chi connectivity index (χ4n) is 2.18. The van der Waals surface area contributed by atoms with E-state index in [0.29, 0.717) is 13.0 Å². The molecule has 0 spiro atoms. The molecule has 0 aromatic heterocycles. The molecule has 0 bridgehead atoms. The maximum absolute atomic E-state index is 11.6. The van der Waals surface area contributed by atoms with E-state index in [9.17, 15) is 4.79 Å². The molecule has 0 atom stereocenters. The van der Waals surface area contributed by atoms with Gasteiger partial charge in [-0.15, -0.1) is 0 Å². The van der Waals surface area contributed by atoms with Crippen molar-refractivity contribution in [2.24, 2.45) is 0 Å². The van der Waals surface area contributed by atoms with Crippen LogP contribution < -0.4 is 0 Å². The molecule has 2 nitrogen and oxygen atoms in total. The third-order valence-corrected chi connectivity index (χ3v) is 3.65. The first-order chi connectivity index (χ1) is 9.54. The van der Waals surface area contributed by atoms with Gasteiger partial charge in [0, 0.05) is 6.42 Å². The molecule has 118 valence electrons.